The number of nitrogens with zero attached hydrogens (tertiary/aromatic N) is 2. The first kappa shape index (κ1) is 17.9. The summed E-state index contributed by atoms with van der Waals surface area (Å²) in [6, 6.07) is 0. The predicted molar refractivity (Wildman–Crippen MR) is 82.0 cm³/mol. The standard InChI is InChI=1S/C15H35N3/c1-6-7-8-9-10-11-15(2,14-16)18(5)13-12-17(3)4/h6-14,16H2,1-5H3. The molecule has 0 aromatic carbocycles. The Kier molecular flexibility index (Phi) is 9.70. The second-order valence-electron chi connectivity index (χ2n) is 6.09. The van der Waals surface area contributed by atoms with Gasteiger partial charge in [-0.1, -0.05) is 39.0 Å². The van der Waals surface area contributed by atoms with Gasteiger partial charge in [0.15, 0.2) is 0 Å². The highest BCUT2D eigenvalue weighted by Gasteiger charge is 2.26. The van der Waals surface area contributed by atoms with Crippen molar-refractivity contribution in [3.05, 3.63) is 0 Å². The molecule has 0 heterocycles. The van der Waals surface area contributed by atoms with Gasteiger partial charge in [0.05, 0.1) is 0 Å². The average Bonchev–Trinajstić information content (AvgIpc) is 2.35. The SMILES string of the molecule is CCCCCCCC(C)(CN)N(C)CCN(C)C. The van der Waals surface area contributed by atoms with Crippen molar-refractivity contribution in [3.63, 3.8) is 0 Å². The molecular formula is C15H35N3. The summed E-state index contributed by atoms with van der Waals surface area (Å²) in [5, 5.41) is 0. The average molecular weight is 257 g/mol. The zero-order valence-corrected chi connectivity index (χ0v) is 13.3. The molecule has 2 N–H and O–H groups in total. The van der Waals surface area contributed by atoms with Gasteiger partial charge in [0.2, 0.25) is 0 Å². The molecule has 110 valence electrons. The molecule has 0 fully saturated rings. The van der Waals surface area contributed by atoms with E-state index < -0.39 is 0 Å². The summed E-state index contributed by atoms with van der Waals surface area (Å²) < 4.78 is 0. The van der Waals surface area contributed by atoms with Crippen LogP contribution in [0.4, 0.5) is 0 Å². The molecule has 1 atom stereocenters. The van der Waals surface area contributed by atoms with E-state index in [1.165, 1.54) is 38.5 Å². The van der Waals surface area contributed by atoms with Gasteiger partial charge in [-0.05, 0) is 34.5 Å². The number of hydrogen-bond acceptors (Lipinski definition) is 3. The van der Waals surface area contributed by atoms with Crippen molar-refractivity contribution in [2.75, 3.05) is 40.8 Å². The first-order valence-corrected chi connectivity index (χ1v) is 7.52. The molecule has 0 aliphatic heterocycles. The fourth-order valence-corrected chi connectivity index (χ4v) is 2.18. The highest BCUT2D eigenvalue weighted by Crippen LogP contribution is 2.20. The minimum atomic E-state index is 0.169. The summed E-state index contributed by atoms with van der Waals surface area (Å²) in [5.74, 6) is 0. The lowest BCUT2D eigenvalue weighted by Crippen LogP contribution is -2.51. The van der Waals surface area contributed by atoms with E-state index in [2.05, 4.69) is 44.8 Å². The zero-order valence-electron chi connectivity index (χ0n) is 13.3. The topological polar surface area (TPSA) is 32.5 Å². The van der Waals surface area contributed by atoms with Crippen LogP contribution < -0.4 is 5.73 Å². The van der Waals surface area contributed by atoms with Crippen molar-refractivity contribution in [1.29, 1.82) is 0 Å². The van der Waals surface area contributed by atoms with Crippen LogP contribution in [0.5, 0.6) is 0 Å². The first-order chi connectivity index (χ1) is 8.46. The summed E-state index contributed by atoms with van der Waals surface area (Å²) in [4.78, 5) is 4.67. The second-order valence-corrected chi connectivity index (χ2v) is 6.09. The van der Waals surface area contributed by atoms with E-state index in [9.17, 15) is 0 Å². The summed E-state index contributed by atoms with van der Waals surface area (Å²) in [6.07, 6.45) is 7.94. The third kappa shape index (κ3) is 7.34. The van der Waals surface area contributed by atoms with Gasteiger partial charge >= 0.3 is 0 Å². The molecule has 0 spiro atoms. The van der Waals surface area contributed by atoms with Gasteiger partial charge in [-0.15, -0.1) is 0 Å². The van der Waals surface area contributed by atoms with Gasteiger partial charge in [0, 0.05) is 25.2 Å². The Balaban J connectivity index is 3.99. The van der Waals surface area contributed by atoms with Crippen molar-refractivity contribution in [1.82, 2.24) is 9.80 Å². The molecule has 0 aromatic rings. The molecule has 0 radical (unpaired) electrons. The van der Waals surface area contributed by atoms with Gasteiger partial charge in [-0.2, -0.15) is 0 Å². The quantitative estimate of drug-likeness (QED) is 0.577. The predicted octanol–water partition coefficient (Wildman–Crippen LogP) is 2.56. The number of unbranched alkanes of at least 4 members (excludes halogenated alkanes) is 4. The zero-order chi connectivity index (χ0) is 14.0. The molecule has 0 saturated heterocycles. The molecule has 0 saturated carbocycles. The summed E-state index contributed by atoms with van der Waals surface area (Å²) in [6.45, 7) is 7.52. The maximum atomic E-state index is 6.00. The molecule has 0 rings (SSSR count). The van der Waals surface area contributed by atoms with Crippen molar-refractivity contribution >= 4 is 0 Å². The van der Waals surface area contributed by atoms with E-state index in [1.807, 2.05) is 0 Å². The summed E-state index contributed by atoms with van der Waals surface area (Å²) in [5.41, 5.74) is 6.17. The van der Waals surface area contributed by atoms with Crippen LogP contribution in [-0.4, -0.2) is 56.1 Å². The molecule has 18 heavy (non-hydrogen) atoms. The van der Waals surface area contributed by atoms with Crippen molar-refractivity contribution in [2.45, 2.75) is 57.9 Å². The molecule has 0 amide bonds. The smallest absolute Gasteiger partial charge is 0.0301 e. The molecule has 1 unspecified atom stereocenters. The van der Waals surface area contributed by atoms with E-state index in [1.54, 1.807) is 0 Å². The Morgan fingerprint density at radius 2 is 1.56 bits per heavy atom. The highest BCUT2D eigenvalue weighted by atomic mass is 15.2. The normalized spacial score (nSPS) is 15.3. The van der Waals surface area contributed by atoms with Crippen LogP contribution >= 0.6 is 0 Å². The van der Waals surface area contributed by atoms with Crippen LogP contribution in [0, 0.1) is 0 Å². The van der Waals surface area contributed by atoms with E-state index in [4.69, 9.17) is 5.73 Å². The van der Waals surface area contributed by atoms with Gasteiger partial charge in [0.25, 0.3) is 0 Å². The summed E-state index contributed by atoms with van der Waals surface area (Å²) >= 11 is 0. The van der Waals surface area contributed by atoms with Gasteiger partial charge in [-0.25, -0.2) is 0 Å². The Morgan fingerprint density at radius 1 is 0.944 bits per heavy atom. The van der Waals surface area contributed by atoms with Crippen molar-refractivity contribution in [2.24, 2.45) is 5.73 Å². The number of likely N-dealkylation sites (N-methyl/N-ethyl adjacent to an activating group) is 2. The molecule has 3 heteroatoms. The maximum absolute atomic E-state index is 6.00. The Bertz CT molecular complexity index is 194. The number of hydrogen-bond donors (Lipinski definition) is 1. The van der Waals surface area contributed by atoms with Crippen LogP contribution in [0.1, 0.15) is 52.4 Å². The lowest BCUT2D eigenvalue weighted by atomic mass is 9.92. The second kappa shape index (κ2) is 9.76. The van der Waals surface area contributed by atoms with E-state index in [0.717, 1.165) is 19.6 Å². The minimum Gasteiger partial charge on any atom is -0.329 e. The molecule has 0 aliphatic carbocycles. The minimum absolute atomic E-state index is 0.169. The fourth-order valence-electron chi connectivity index (χ4n) is 2.18. The largest absolute Gasteiger partial charge is 0.329 e. The molecule has 0 aliphatic rings. The van der Waals surface area contributed by atoms with Gasteiger partial charge in [-0.3, -0.25) is 4.90 Å². The molecule has 3 nitrogen and oxygen atoms in total. The van der Waals surface area contributed by atoms with E-state index >= 15 is 0 Å². The lowest BCUT2D eigenvalue weighted by molar-refractivity contribution is 0.120. The van der Waals surface area contributed by atoms with Gasteiger partial charge < -0.3 is 10.6 Å². The number of nitrogens with two attached hydrogens (primary N) is 1. The monoisotopic (exact) mass is 257 g/mol. The van der Waals surface area contributed by atoms with Crippen molar-refractivity contribution in [3.8, 4) is 0 Å². The third-order valence-electron chi connectivity index (χ3n) is 4.06. The van der Waals surface area contributed by atoms with Crippen LogP contribution in [0.3, 0.4) is 0 Å². The van der Waals surface area contributed by atoms with Crippen molar-refractivity contribution < 1.29 is 0 Å². The molecular weight excluding hydrogens is 222 g/mol. The lowest BCUT2D eigenvalue weighted by Gasteiger charge is -2.39. The van der Waals surface area contributed by atoms with Crippen LogP contribution in [0.2, 0.25) is 0 Å². The van der Waals surface area contributed by atoms with Crippen LogP contribution in [0.25, 0.3) is 0 Å². The third-order valence-corrected chi connectivity index (χ3v) is 4.06. The Morgan fingerprint density at radius 3 is 2.06 bits per heavy atom. The Hall–Kier alpha value is -0.120. The first-order valence-electron chi connectivity index (χ1n) is 7.52. The Labute approximate surface area is 115 Å². The number of rotatable bonds is 11. The van der Waals surface area contributed by atoms with Crippen LogP contribution in [-0.2, 0) is 0 Å². The van der Waals surface area contributed by atoms with E-state index in [-0.39, 0.29) is 5.54 Å². The van der Waals surface area contributed by atoms with E-state index in [0.29, 0.717) is 0 Å². The maximum Gasteiger partial charge on any atom is 0.0301 e. The fraction of sp³-hybridized carbons (Fsp3) is 1.00. The van der Waals surface area contributed by atoms with Gasteiger partial charge in [0.1, 0.15) is 0 Å². The molecule has 0 aromatic heterocycles. The van der Waals surface area contributed by atoms with Crippen LogP contribution in [0.15, 0.2) is 0 Å². The summed E-state index contributed by atoms with van der Waals surface area (Å²) in [7, 11) is 6.46. The molecule has 0 bridgehead atoms. The highest BCUT2D eigenvalue weighted by molar-refractivity contribution is 4.85.